The van der Waals surface area contributed by atoms with Gasteiger partial charge in [-0.05, 0) is 97.7 Å². The molecule has 4 aliphatic rings. The summed E-state index contributed by atoms with van der Waals surface area (Å²) in [5.41, 5.74) is 2.28. The molecule has 0 heterocycles. The summed E-state index contributed by atoms with van der Waals surface area (Å²) >= 11 is -2.40. The Hall–Kier alpha value is 0.810. The van der Waals surface area contributed by atoms with Gasteiger partial charge in [0.1, 0.15) is 0 Å². The van der Waals surface area contributed by atoms with Crippen molar-refractivity contribution in [3.8, 4) is 0 Å². The van der Waals surface area contributed by atoms with Gasteiger partial charge in [-0.15, -0.1) is 0 Å². The van der Waals surface area contributed by atoms with Crippen LogP contribution in [0.2, 0.25) is 0 Å². The Morgan fingerprint density at radius 1 is 1.09 bits per heavy atom. The van der Waals surface area contributed by atoms with Gasteiger partial charge in [-0.2, -0.15) is 0 Å². The molecule has 9 atom stereocenters. The van der Waals surface area contributed by atoms with Crippen molar-refractivity contribution in [3.63, 3.8) is 0 Å². The third-order valence-corrected chi connectivity index (χ3v) is 10.9. The summed E-state index contributed by atoms with van der Waals surface area (Å²) in [6.07, 6.45) is 16.1. The molecule has 0 aromatic carbocycles. The fourth-order valence-corrected chi connectivity index (χ4v) is 9.23. The number of hydrogen-bond acceptors (Lipinski definition) is 3. The number of hydrogen-bond donors (Lipinski definition) is 0. The molecular formula is C27H45NaO3S. The molecule has 4 aliphatic carbocycles. The molecule has 0 spiro atoms. The van der Waals surface area contributed by atoms with E-state index in [2.05, 4.69) is 40.7 Å². The zero-order chi connectivity index (χ0) is 22.4. The van der Waals surface area contributed by atoms with Crippen LogP contribution in [0.15, 0.2) is 11.6 Å². The van der Waals surface area contributed by atoms with E-state index >= 15 is 0 Å². The Bertz CT molecular complexity index is 709. The molecule has 0 aromatic heterocycles. The first-order valence-electron chi connectivity index (χ1n) is 13.1. The van der Waals surface area contributed by atoms with Crippen LogP contribution in [-0.2, 0) is 15.5 Å². The summed E-state index contributed by atoms with van der Waals surface area (Å²) < 4.78 is 27.2. The second-order valence-corrected chi connectivity index (χ2v) is 13.1. The molecule has 0 aliphatic heterocycles. The number of fused-ring (bicyclic) bond motifs is 5. The standard InChI is InChI=1S/C27H46O3S.Na/c1-18(2)7-6-8-19(3)23-11-12-24-22-10-9-20-17-21(30-31(28)29)13-15-26(20,4)25(22)14-16-27(23,24)5;/h9,18-19,21-25H,6-8,10-17H2,1-5H3,(H,28,29);/q;+1/p-1/t19-,21+,22+,23-,24+,25+,26+,27-;/m1./s1. The largest absolute Gasteiger partial charge is 1.00 e. The molecule has 0 radical (unpaired) electrons. The van der Waals surface area contributed by atoms with E-state index in [0.29, 0.717) is 5.41 Å². The SMILES string of the molecule is CC(C)CCC[C@@H](C)[C@H]1CC[C@H]2[C@@H]3CC=C4C[C@@H](OS(=O)[O-])CC[C@]4(C)[C@H]3CC[C@]12C.[Na+]. The van der Waals surface area contributed by atoms with Crippen molar-refractivity contribution in [2.75, 3.05) is 0 Å². The van der Waals surface area contributed by atoms with E-state index in [0.717, 1.165) is 54.8 Å². The number of allylic oxidation sites excluding steroid dienone is 1. The minimum atomic E-state index is -2.40. The predicted molar refractivity (Wildman–Crippen MR) is 127 cm³/mol. The summed E-state index contributed by atoms with van der Waals surface area (Å²) in [6.45, 7) is 12.4. The molecule has 0 amide bonds. The normalized spacial score (nSPS) is 42.8. The van der Waals surface area contributed by atoms with E-state index in [-0.39, 0.29) is 41.1 Å². The van der Waals surface area contributed by atoms with E-state index in [1.54, 1.807) is 0 Å². The third kappa shape index (κ3) is 5.16. The second kappa shape index (κ2) is 10.8. The zero-order valence-electron chi connectivity index (χ0n) is 21.5. The van der Waals surface area contributed by atoms with Crippen molar-refractivity contribution in [2.24, 2.45) is 46.3 Å². The van der Waals surface area contributed by atoms with Gasteiger partial charge in [0.2, 0.25) is 0 Å². The van der Waals surface area contributed by atoms with Crippen LogP contribution in [0, 0.1) is 46.3 Å². The smallest absolute Gasteiger partial charge is 0.750 e. The molecule has 1 unspecified atom stereocenters. The van der Waals surface area contributed by atoms with Gasteiger partial charge in [-0.1, -0.05) is 65.5 Å². The average Bonchev–Trinajstić information content (AvgIpc) is 3.05. The van der Waals surface area contributed by atoms with Crippen LogP contribution in [0.3, 0.4) is 0 Å². The minimum Gasteiger partial charge on any atom is -0.750 e. The van der Waals surface area contributed by atoms with Gasteiger partial charge in [-0.3, -0.25) is 4.18 Å². The third-order valence-electron chi connectivity index (χ3n) is 10.5. The average molecular weight is 473 g/mol. The molecule has 3 fully saturated rings. The molecule has 3 nitrogen and oxygen atoms in total. The Balaban J connectivity index is 0.00000289. The Kier molecular flexibility index (Phi) is 9.27. The molecule has 3 saturated carbocycles. The maximum Gasteiger partial charge on any atom is 1.00 e. The van der Waals surface area contributed by atoms with E-state index in [1.165, 1.54) is 56.9 Å². The monoisotopic (exact) mass is 472 g/mol. The summed E-state index contributed by atoms with van der Waals surface area (Å²) in [7, 11) is 0. The Morgan fingerprint density at radius 3 is 2.53 bits per heavy atom. The van der Waals surface area contributed by atoms with Crippen molar-refractivity contribution in [2.45, 2.75) is 111 Å². The minimum absolute atomic E-state index is 0. The van der Waals surface area contributed by atoms with Gasteiger partial charge in [0.25, 0.3) is 0 Å². The van der Waals surface area contributed by atoms with Crippen molar-refractivity contribution in [1.29, 1.82) is 0 Å². The molecule has 4 rings (SSSR count). The fraction of sp³-hybridized carbons (Fsp3) is 0.926. The Morgan fingerprint density at radius 2 is 1.84 bits per heavy atom. The van der Waals surface area contributed by atoms with Crippen LogP contribution in [-0.4, -0.2) is 14.9 Å². The van der Waals surface area contributed by atoms with Crippen LogP contribution in [0.1, 0.15) is 105 Å². The maximum absolute atomic E-state index is 11.0. The van der Waals surface area contributed by atoms with Crippen LogP contribution in [0.4, 0.5) is 0 Å². The van der Waals surface area contributed by atoms with E-state index in [4.69, 9.17) is 4.18 Å². The molecule has 0 N–H and O–H groups in total. The predicted octanol–water partition coefficient (Wildman–Crippen LogP) is 4.21. The van der Waals surface area contributed by atoms with Gasteiger partial charge in [0, 0.05) is 0 Å². The molecule has 32 heavy (non-hydrogen) atoms. The molecule has 178 valence electrons. The van der Waals surface area contributed by atoms with E-state index < -0.39 is 11.4 Å². The van der Waals surface area contributed by atoms with Crippen LogP contribution < -0.4 is 29.6 Å². The van der Waals surface area contributed by atoms with Gasteiger partial charge >= 0.3 is 29.6 Å². The second-order valence-electron chi connectivity index (χ2n) is 12.5. The summed E-state index contributed by atoms with van der Waals surface area (Å²) in [4.78, 5) is 0. The first kappa shape index (κ1) is 27.4. The van der Waals surface area contributed by atoms with Crippen molar-refractivity contribution in [1.82, 2.24) is 0 Å². The van der Waals surface area contributed by atoms with Gasteiger partial charge in [0.15, 0.2) is 0 Å². The molecule has 0 bridgehead atoms. The van der Waals surface area contributed by atoms with Gasteiger partial charge in [-0.25, -0.2) is 4.21 Å². The topological polar surface area (TPSA) is 49.4 Å². The molecule has 0 aromatic rings. The van der Waals surface area contributed by atoms with Crippen molar-refractivity contribution in [3.05, 3.63) is 11.6 Å². The first-order valence-corrected chi connectivity index (χ1v) is 14.1. The number of rotatable bonds is 7. The molecule has 0 saturated heterocycles. The Labute approximate surface area is 222 Å². The summed E-state index contributed by atoms with van der Waals surface area (Å²) in [6, 6.07) is 0. The van der Waals surface area contributed by atoms with Crippen molar-refractivity contribution < 1.29 is 42.5 Å². The zero-order valence-corrected chi connectivity index (χ0v) is 24.3. The quantitative estimate of drug-likeness (QED) is 0.317. The first-order chi connectivity index (χ1) is 14.6. The fourth-order valence-electron chi connectivity index (χ4n) is 8.85. The van der Waals surface area contributed by atoms with Crippen LogP contribution in [0.25, 0.3) is 0 Å². The molecule has 5 heteroatoms. The van der Waals surface area contributed by atoms with E-state index in [1.807, 2.05) is 0 Å². The summed E-state index contributed by atoms with van der Waals surface area (Å²) in [5.74, 6) is 5.07. The van der Waals surface area contributed by atoms with Gasteiger partial charge in [0.05, 0.1) is 17.5 Å². The van der Waals surface area contributed by atoms with E-state index in [9.17, 15) is 8.76 Å². The van der Waals surface area contributed by atoms with Crippen LogP contribution in [0.5, 0.6) is 0 Å². The molecular weight excluding hydrogens is 427 g/mol. The van der Waals surface area contributed by atoms with Gasteiger partial charge < -0.3 is 4.55 Å². The summed E-state index contributed by atoms with van der Waals surface area (Å²) in [5, 5.41) is 0. The maximum atomic E-state index is 11.0. The van der Waals surface area contributed by atoms with Crippen LogP contribution >= 0.6 is 0 Å². The van der Waals surface area contributed by atoms with Crippen molar-refractivity contribution >= 4 is 11.4 Å².